The zero-order chi connectivity index (χ0) is 27.4. The molecule has 0 aliphatic heterocycles. The van der Waals surface area contributed by atoms with Crippen molar-refractivity contribution < 1.29 is 14.0 Å². The lowest BCUT2D eigenvalue weighted by molar-refractivity contribution is -0.117. The summed E-state index contributed by atoms with van der Waals surface area (Å²) in [6.45, 7) is 1.85. The fourth-order valence-electron chi connectivity index (χ4n) is 4.06. The highest BCUT2D eigenvalue weighted by Gasteiger charge is 2.23. The Morgan fingerprint density at radius 3 is 2.38 bits per heavy atom. The minimum Gasteiger partial charge on any atom is -0.467 e. The van der Waals surface area contributed by atoms with Crippen LogP contribution < -0.4 is 5.32 Å². The molecule has 3 aromatic carbocycles. The minimum absolute atomic E-state index is 0.0902. The lowest BCUT2D eigenvalue weighted by Crippen LogP contribution is -2.38. The quantitative estimate of drug-likeness (QED) is 0.221. The smallest absolute Gasteiger partial charge is 0.256 e. The van der Waals surface area contributed by atoms with Gasteiger partial charge in [-0.25, -0.2) is 4.98 Å². The Balaban J connectivity index is 1.44. The van der Waals surface area contributed by atoms with Gasteiger partial charge in [0.15, 0.2) is 0 Å². The van der Waals surface area contributed by atoms with E-state index in [1.165, 1.54) is 11.2 Å². The lowest BCUT2D eigenvalue weighted by atomic mass is 10.2. The van der Waals surface area contributed by atoms with Crippen LogP contribution in [0.4, 0.5) is 5.95 Å². The van der Waals surface area contributed by atoms with E-state index in [9.17, 15) is 9.59 Å². The number of aromatic nitrogens is 2. The van der Waals surface area contributed by atoms with E-state index in [0.717, 1.165) is 16.8 Å². The van der Waals surface area contributed by atoms with Crippen LogP contribution in [0.2, 0.25) is 10.0 Å². The zero-order valence-electron chi connectivity index (χ0n) is 21.0. The van der Waals surface area contributed by atoms with Crippen molar-refractivity contribution in [2.75, 3.05) is 11.9 Å². The van der Waals surface area contributed by atoms with E-state index in [2.05, 4.69) is 5.32 Å². The number of nitrogens with zero attached hydrogens (tertiary/aromatic N) is 3. The first-order valence-corrected chi connectivity index (χ1v) is 12.9. The number of hydrogen-bond donors (Lipinski definition) is 1. The molecule has 0 saturated heterocycles. The van der Waals surface area contributed by atoms with Crippen molar-refractivity contribution in [2.45, 2.75) is 13.5 Å². The SMILES string of the molecule is Cc1ccc(-n2cc(-c3ccc(Cl)cc3)nc2NC(=O)CN(Cc2ccco2)C(=O)c2ccccc2Cl)cc1. The van der Waals surface area contributed by atoms with Crippen molar-refractivity contribution in [1.82, 2.24) is 14.5 Å². The topological polar surface area (TPSA) is 80.4 Å². The second kappa shape index (κ2) is 11.6. The number of imidazole rings is 1. The Hall–Kier alpha value is -4.33. The largest absolute Gasteiger partial charge is 0.467 e. The van der Waals surface area contributed by atoms with Gasteiger partial charge < -0.3 is 9.32 Å². The van der Waals surface area contributed by atoms with Crippen LogP contribution in [0.5, 0.6) is 0 Å². The third-order valence-corrected chi connectivity index (χ3v) is 6.64. The molecule has 2 amide bonds. The number of amides is 2. The average Bonchev–Trinajstić information content (AvgIpc) is 3.59. The van der Waals surface area contributed by atoms with E-state index in [1.807, 2.05) is 49.5 Å². The molecule has 9 heteroatoms. The maximum atomic E-state index is 13.4. The normalized spacial score (nSPS) is 10.8. The van der Waals surface area contributed by atoms with Crippen LogP contribution in [-0.2, 0) is 11.3 Å². The van der Waals surface area contributed by atoms with Crippen LogP contribution >= 0.6 is 23.2 Å². The van der Waals surface area contributed by atoms with Gasteiger partial charge in [-0.05, 0) is 55.5 Å². The van der Waals surface area contributed by atoms with Crippen LogP contribution in [0.25, 0.3) is 16.9 Å². The van der Waals surface area contributed by atoms with Gasteiger partial charge >= 0.3 is 0 Å². The second-order valence-electron chi connectivity index (χ2n) is 8.93. The van der Waals surface area contributed by atoms with Crippen molar-refractivity contribution in [3.63, 3.8) is 0 Å². The summed E-state index contributed by atoms with van der Waals surface area (Å²) in [4.78, 5) is 32.8. The highest BCUT2D eigenvalue weighted by molar-refractivity contribution is 6.33. The molecule has 0 radical (unpaired) electrons. The molecule has 0 saturated carbocycles. The van der Waals surface area contributed by atoms with Crippen LogP contribution in [0.3, 0.4) is 0 Å². The van der Waals surface area contributed by atoms with Gasteiger partial charge in [0.2, 0.25) is 11.9 Å². The summed E-state index contributed by atoms with van der Waals surface area (Å²) in [6.07, 6.45) is 3.36. The number of anilines is 1. The van der Waals surface area contributed by atoms with E-state index in [-0.39, 0.29) is 13.1 Å². The van der Waals surface area contributed by atoms with Gasteiger partial charge in [-0.1, -0.05) is 65.2 Å². The van der Waals surface area contributed by atoms with E-state index in [4.69, 9.17) is 32.6 Å². The fraction of sp³-hybridized carbons (Fsp3) is 0.100. The highest BCUT2D eigenvalue weighted by Crippen LogP contribution is 2.26. The predicted octanol–water partition coefficient (Wildman–Crippen LogP) is 7.03. The van der Waals surface area contributed by atoms with Gasteiger partial charge in [-0.2, -0.15) is 0 Å². The van der Waals surface area contributed by atoms with E-state index >= 15 is 0 Å². The summed E-state index contributed by atoms with van der Waals surface area (Å²) >= 11 is 12.4. The number of carbonyl (C=O) groups excluding carboxylic acids is 2. The Labute approximate surface area is 235 Å². The van der Waals surface area contributed by atoms with Crippen molar-refractivity contribution in [2.24, 2.45) is 0 Å². The third-order valence-electron chi connectivity index (χ3n) is 6.06. The summed E-state index contributed by atoms with van der Waals surface area (Å²) in [5, 5.41) is 3.80. The summed E-state index contributed by atoms with van der Waals surface area (Å²) in [5.74, 6) is 0.0331. The number of benzene rings is 3. The summed E-state index contributed by atoms with van der Waals surface area (Å²) in [6, 6.07) is 25.4. The molecule has 0 unspecified atom stereocenters. The molecule has 0 aliphatic rings. The van der Waals surface area contributed by atoms with Crippen molar-refractivity contribution in [1.29, 1.82) is 0 Å². The van der Waals surface area contributed by atoms with Gasteiger partial charge in [-0.3, -0.25) is 19.5 Å². The standard InChI is InChI=1S/C30H24Cl2N4O3/c1-20-8-14-23(15-9-20)36-18-27(21-10-12-22(31)13-11-21)33-30(36)34-28(37)19-35(17-24-5-4-16-39-24)29(38)25-6-2-3-7-26(25)32/h2-16,18H,17,19H2,1H3,(H,33,34,37). The van der Waals surface area contributed by atoms with E-state index < -0.39 is 11.8 Å². The number of rotatable bonds is 8. The molecule has 1 N–H and O–H groups in total. The molecule has 0 fully saturated rings. The number of nitrogens with one attached hydrogen (secondary N) is 1. The Morgan fingerprint density at radius 1 is 0.949 bits per heavy atom. The number of carbonyl (C=O) groups is 2. The fourth-order valence-corrected chi connectivity index (χ4v) is 4.41. The molecular formula is C30H24Cl2N4O3. The maximum absolute atomic E-state index is 13.4. The second-order valence-corrected chi connectivity index (χ2v) is 9.77. The molecule has 7 nitrogen and oxygen atoms in total. The molecular weight excluding hydrogens is 535 g/mol. The molecule has 0 bridgehead atoms. The predicted molar refractivity (Wildman–Crippen MR) is 152 cm³/mol. The minimum atomic E-state index is -0.427. The molecule has 2 heterocycles. The van der Waals surface area contributed by atoms with Crippen LogP contribution in [0, 0.1) is 6.92 Å². The number of halogens is 2. The van der Waals surface area contributed by atoms with Crippen LogP contribution in [0.15, 0.2) is 102 Å². The summed E-state index contributed by atoms with van der Waals surface area (Å²) in [7, 11) is 0. The first-order chi connectivity index (χ1) is 18.9. The van der Waals surface area contributed by atoms with Crippen LogP contribution in [-0.4, -0.2) is 32.8 Å². The van der Waals surface area contributed by atoms with E-state index in [0.29, 0.717) is 33.0 Å². The van der Waals surface area contributed by atoms with Crippen molar-refractivity contribution in [3.8, 4) is 16.9 Å². The summed E-state index contributed by atoms with van der Waals surface area (Å²) < 4.78 is 7.24. The molecule has 39 heavy (non-hydrogen) atoms. The Morgan fingerprint density at radius 2 is 1.69 bits per heavy atom. The molecule has 0 spiro atoms. The third kappa shape index (κ3) is 6.22. The number of hydrogen-bond acceptors (Lipinski definition) is 4. The molecule has 0 aliphatic carbocycles. The monoisotopic (exact) mass is 558 g/mol. The molecule has 5 aromatic rings. The molecule has 5 rings (SSSR count). The first kappa shape index (κ1) is 26.3. The average molecular weight is 559 g/mol. The Bertz CT molecular complexity index is 1590. The molecule has 2 aromatic heterocycles. The summed E-state index contributed by atoms with van der Waals surface area (Å²) in [5.41, 5.74) is 3.72. The first-order valence-electron chi connectivity index (χ1n) is 12.2. The highest BCUT2D eigenvalue weighted by atomic mass is 35.5. The van der Waals surface area contributed by atoms with Crippen molar-refractivity contribution >= 4 is 41.0 Å². The lowest BCUT2D eigenvalue weighted by Gasteiger charge is -2.22. The van der Waals surface area contributed by atoms with Gasteiger partial charge in [-0.15, -0.1) is 0 Å². The van der Waals surface area contributed by atoms with Gasteiger partial charge in [0.05, 0.1) is 29.1 Å². The van der Waals surface area contributed by atoms with Crippen LogP contribution in [0.1, 0.15) is 21.7 Å². The number of aryl methyl sites for hydroxylation is 1. The number of furan rings is 1. The van der Waals surface area contributed by atoms with Crippen molar-refractivity contribution in [3.05, 3.63) is 124 Å². The zero-order valence-corrected chi connectivity index (χ0v) is 22.5. The van der Waals surface area contributed by atoms with E-state index in [1.54, 1.807) is 53.1 Å². The Kier molecular flexibility index (Phi) is 7.81. The van der Waals surface area contributed by atoms with Gasteiger partial charge in [0.25, 0.3) is 5.91 Å². The van der Waals surface area contributed by atoms with Gasteiger partial charge in [0, 0.05) is 22.5 Å². The molecule has 196 valence electrons. The van der Waals surface area contributed by atoms with Gasteiger partial charge in [0.1, 0.15) is 12.3 Å². The maximum Gasteiger partial charge on any atom is 0.256 e. The molecule has 0 atom stereocenters.